The average molecular weight is 849 g/mol. The van der Waals surface area contributed by atoms with Gasteiger partial charge in [-0.2, -0.15) is 4.98 Å². The number of likely N-dealkylation sites (tertiary alicyclic amines) is 1. The van der Waals surface area contributed by atoms with E-state index < -0.39 is 29.7 Å². The molecule has 326 valence electrons. The zero-order chi connectivity index (χ0) is 43.7. The minimum Gasteiger partial charge on any atom is -0.495 e. The minimum absolute atomic E-state index is 0.0159. The molecule has 0 radical (unpaired) electrons. The van der Waals surface area contributed by atoms with E-state index in [1.807, 2.05) is 6.92 Å². The number of amides is 7. The maximum Gasteiger partial charge on any atom is 0.264 e. The number of ether oxygens (including phenoxy) is 1. The number of carbonyl (C=O) groups is 7. The molecule has 4 N–H and O–H groups in total. The van der Waals surface area contributed by atoms with Gasteiger partial charge < -0.3 is 35.4 Å². The van der Waals surface area contributed by atoms with E-state index in [-0.39, 0.29) is 66.2 Å². The van der Waals surface area contributed by atoms with Crippen molar-refractivity contribution in [3.05, 3.63) is 59.3 Å². The zero-order valence-corrected chi connectivity index (χ0v) is 35.2. The maximum atomic E-state index is 13.4. The van der Waals surface area contributed by atoms with Gasteiger partial charge in [-0.3, -0.25) is 43.8 Å². The molecule has 18 nitrogen and oxygen atoms in total. The highest BCUT2D eigenvalue weighted by molar-refractivity contribution is 6.25. The van der Waals surface area contributed by atoms with Gasteiger partial charge in [0.15, 0.2) is 5.82 Å². The van der Waals surface area contributed by atoms with E-state index >= 15 is 0 Å². The Morgan fingerprint density at radius 1 is 0.952 bits per heavy atom. The zero-order valence-electron chi connectivity index (χ0n) is 35.2. The highest BCUT2D eigenvalue weighted by Gasteiger charge is 2.46. The van der Waals surface area contributed by atoms with Crippen LogP contribution in [0.5, 0.6) is 5.75 Å². The number of aromatic nitrogens is 2. The van der Waals surface area contributed by atoms with Crippen LogP contribution < -0.4 is 35.8 Å². The van der Waals surface area contributed by atoms with Crippen LogP contribution >= 0.6 is 0 Å². The number of fused-ring (bicyclic) bond motifs is 2. The third-order valence-electron chi connectivity index (χ3n) is 12.7. The molecule has 2 aromatic carbocycles. The van der Waals surface area contributed by atoms with Crippen LogP contribution in [0.3, 0.4) is 0 Å². The van der Waals surface area contributed by atoms with Gasteiger partial charge in [0.25, 0.3) is 17.7 Å². The summed E-state index contributed by atoms with van der Waals surface area (Å²) in [7, 11) is 3.30. The predicted octanol–water partition coefficient (Wildman–Crippen LogP) is 3.75. The normalized spacial score (nSPS) is 20.6. The van der Waals surface area contributed by atoms with Crippen LogP contribution in [-0.4, -0.2) is 119 Å². The van der Waals surface area contributed by atoms with Crippen LogP contribution in [0.25, 0.3) is 0 Å². The predicted molar refractivity (Wildman–Crippen MR) is 228 cm³/mol. The third-order valence-corrected chi connectivity index (χ3v) is 12.7. The molecule has 5 aliphatic rings. The second-order valence-electron chi connectivity index (χ2n) is 16.4. The van der Waals surface area contributed by atoms with Crippen LogP contribution in [0.15, 0.2) is 42.6 Å². The molecule has 3 fully saturated rings. The van der Waals surface area contributed by atoms with E-state index in [9.17, 15) is 33.6 Å². The lowest BCUT2D eigenvalue weighted by Gasteiger charge is -2.43. The Morgan fingerprint density at radius 3 is 2.45 bits per heavy atom. The van der Waals surface area contributed by atoms with Crippen molar-refractivity contribution < 1.29 is 38.3 Å². The summed E-state index contributed by atoms with van der Waals surface area (Å²) < 4.78 is 5.68. The highest BCUT2D eigenvalue weighted by atomic mass is 16.5. The molecule has 2 atom stereocenters. The van der Waals surface area contributed by atoms with E-state index in [1.54, 1.807) is 53.4 Å². The van der Waals surface area contributed by atoms with Crippen LogP contribution in [0, 0.1) is 0 Å². The summed E-state index contributed by atoms with van der Waals surface area (Å²) in [5.41, 5.74) is 2.48. The van der Waals surface area contributed by atoms with Gasteiger partial charge in [0.1, 0.15) is 23.5 Å². The van der Waals surface area contributed by atoms with Gasteiger partial charge in [-0.1, -0.05) is 25.8 Å². The maximum absolute atomic E-state index is 13.4. The molecule has 1 aliphatic carbocycles. The van der Waals surface area contributed by atoms with E-state index in [1.165, 1.54) is 13.2 Å². The molecule has 8 rings (SSSR count). The molecule has 62 heavy (non-hydrogen) atoms. The minimum atomic E-state index is -1.05. The second kappa shape index (κ2) is 17.8. The Balaban J connectivity index is 0.815. The van der Waals surface area contributed by atoms with Crippen LogP contribution in [-0.2, 0) is 19.2 Å². The number of nitrogens with zero attached hydrogens (tertiary/aromatic N) is 6. The summed E-state index contributed by atoms with van der Waals surface area (Å²) in [5, 5.41) is 11.8. The molecule has 1 unspecified atom stereocenters. The SMILES string of the molecule is CC[C@@H]1C(=O)N(C)c2cnc(Nc3ccc(C(=O)NC4CCN(C(=O)CCCNc5cccc6c5C(=O)N(C5CCC(=O)NC5=O)C6=O)CC4)cc3OC)nc2N1C1CCCC1. The number of hydrogen-bond acceptors (Lipinski definition) is 13. The summed E-state index contributed by atoms with van der Waals surface area (Å²) >= 11 is 0. The highest BCUT2D eigenvalue weighted by Crippen LogP contribution is 2.40. The summed E-state index contributed by atoms with van der Waals surface area (Å²) in [6.45, 7) is 3.37. The Hall–Kier alpha value is -6.59. The van der Waals surface area contributed by atoms with Crippen LogP contribution in [0.1, 0.15) is 109 Å². The van der Waals surface area contributed by atoms with E-state index in [4.69, 9.17) is 9.72 Å². The third kappa shape index (κ3) is 8.12. The van der Waals surface area contributed by atoms with Gasteiger partial charge in [-0.15, -0.1) is 0 Å². The van der Waals surface area contributed by atoms with Crippen molar-refractivity contribution in [1.29, 1.82) is 0 Å². The van der Waals surface area contributed by atoms with Crippen LogP contribution in [0.4, 0.5) is 28.8 Å². The largest absolute Gasteiger partial charge is 0.495 e. The molecular weight excluding hydrogens is 797 g/mol. The van der Waals surface area contributed by atoms with Crippen molar-refractivity contribution in [2.45, 2.75) is 102 Å². The first-order valence-corrected chi connectivity index (χ1v) is 21.5. The number of methoxy groups -OCH3 is 1. The lowest BCUT2D eigenvalue weighted by atomic mass is 10.0. The summed E-state index contributed by atoms with van der Waals surface area (Å²) in [5.74, 6) is -0.981. The fourth-order valence-corrected chi connectivity index (χ4v) is 9.32. The number of nitrogens with one attached hydrogen (secondary N) is 4. The Kier molecular flexibility index (Phi) is 12.1. The molecular formula is C44H52N10O8. The lowest BCUT2D eigenvalue weighted by Crippen LogP contribution is -2.55. The fraction of sp³-hybridized carbons (Fsp3) is 0.477. The molecule has 4 aliphatic heterocycles. The van der Waals surface area contributed by atoms with Gasteiger partial charge in [-0.05, 0) is 75.3 Å². The molecule has 3 aromatic rings. The van der Waals surface area contributed by atoms with Crippen molar-refractivity contribution in [3.8, 4) is 5.75 Å². The number of imide groups is 2. The summed E-state index contributed by atoms with van der Waals surface area (Å²) in [4.78, 5) is 106. The Morgan fingerprint density at radius 2 is 1.73 bits per heavy atom. The number of anilines is 5. The van der Waals surface area contributed by atoms with Gasteiger partial charge in [0.2, 0.25) is 29.6 Å². The number of carbonyl (C=O) groups excluding carboxylic acids is 7. The molecule has 1 aromatic heterocycles. The summed E-state index contributed by atoms with van der Waals surface area (Å²) in [6, 6.07) is 8.78. The number of piperidine rings is 2. The first-order valence-electron chi connectivity index (χ1n) is 21.5. The van der Waals surface area contributed by atoms with Crippen molar-refractivity contribution in [2.75, 3.05) is 54.2 Å². The molecule has 18 heteroatoms. The Bertz CT molecular complexity index is 2310. The molecule has 2 saturated heterocycles. The number of rotatable bonds is 13. The van der Waals surface area contributed by atoms with Gasteiger partial charge >= 0.3 is 0 Å². The van der Waals surface area contributed by atoms with E-state index in [2.05, 4.69) is 31.2 Å². The first kappa shape index (κ1) is 42.1. The standard InChI is InChI=1S/C44H52N10O8/c1-4-31-42(60)51(2)33-24-46-44(50-38(33)53(31)27-9-5-6-10-27)48-29-15-14-25(23-34(29)62-3)39(57)47-26-18-21-52(22-19-26)36(56)13-8-20-45-30-12-7-11-28-37(30)43(61)54(41(28)59)32-16-17-35(55)49-40(32)58/h7,11-12,14-15,23-24,26-27,31-32,45H,4-6,8-10,13,16-22H2,1-3H3,(H,47,57)(H,46,48,50)(H,49,55,58)/t31-,32?/m1/s1. The second-order valence-corrected chi connectivity index (χ2v) is 16.4. The smallest absolute Gasteiger partial charge is 0.264 e. The van der Waals surface area contributed by atoms with Gasteiger partial charge in [-0.25, -0.2) is 4.98 Å². The molecule has 1 saturated carbocycles. The first-order chi connectivity index (χ1) is 30.0. The fourth-order valence-electron chi connectivity index (χ4n) is 9.32. The quantitative estimate of drug-likeness (QED) is 0.143. The lowest BCUT2D eigenvalue weighted by molar-refractivity contribution is -0.136. The topological polar surface area (TPSA) is 216 Å². The van der Waals surface area contributed by atoms with Crippen molar-refractivity contribution in [1.82, 2.24) is 30.4 Å². The van der Waals surface area contributed by atoms with Gasteiger partial charge in [0, 0.05) is 62.9 Å². The van der Waals surface area contributed by atoms with Crippen molar-refractivity contribution >= 4 is 70.2 Å². The van der Waals surface area contributed by atoms with Crippen molar-refractivity contribution in [2.24, 2.45) is 0 Å². The molecule has 5 heterocycles. The van der Waals surface area contributed by atoms with E-state index in [0.29, 0.717) is 79.6 Å². The van der Waals surface area contributed by atoms with Crippen molar-refractivity contribution in [3.63, 3.8) is 0 Å². The van der Waals surface area contributed by atoms with Crippen LogP contribution in [0.2, 0.25) is 0 Å². The molecule has 0 spiro atoms. The summed E-state index contributed by atoms with van der Waals surface area (Å²) in [6.07, 6.45) is 8.65. The number of benzene rings is 2. The Labute approximate surface area is 359 Å². The number of likely N-dealkylation sites (N-methyl/N-ethyl adjacent to an activating group) is 1. The number of hydrogen-bond donors (Lipinski definition) is 4. The van der Waals surface area contributed by atoms with E-state index in [0.717, 1.165) is 36.4 Å². The van der Waals surface area contributed by atoms with Gasteiger partial charge in [0.05, 0.1) is 30.1 Å². The molecule has 0 bridgehead atoms. The monoisotopic (exact) mass is 848 g/mol. The average Bonchev–Trinajstić information content (AvgIpc) is 3.90. The molecule has 7 amide bonds.